The average Bonchev–Trinajstić information content (AvgIpc) is 2.67. The van der Waals surface area contributed by atoms with Gasteiger partial charge in [0.05, 0.1) is 6.54 Å². The van der Waals surface area contributed by atoms with E-state index in [0.29, 0.717) is 6.04 Å². The van der Waals surface area contributed by atoms with Gasteiger partial charge in [-0.05, 0) is 31.0 Å². The van der Waals surface area contributed by atoms with Gasteiger partial charge >= 0.3 is 0 Å². The smallest absolute Gasteiger partial charge is 0.176 e. The van der Waals surface area contributed by atoms with Crippen molar-refractivity contribution in [2.45, 2.75) is 44.6 Å². The molecule has 0 bridgehead atoms. The van der Waals surface area contributed by atoms with Crippen molar-refractivity contribution in [3.63, 3.8) is 0 Å². The highest BCUT2D eigenvalue weighted by atomic mass is 19.2. The largest absolute Gasteiger partial charge is 0.307 e. The van der Waals surface area contributed by atoms with Gasteiger partial charge in [-0.3, -0.25) is 4.79 Å². The van der Waals surface area contributed by atoms with Crippen LogP contribution >= 0.6 is 0 Å². The number of hydrogen-bond acceptors (Lipinski definition) is 2. The van der Waals surface area contributed by atoms with Crippen LogP contribution in [-0.4, -0.2) is 18.4 Å². The Morgan fingerprint density at radius 2 is 1.79 bits per heavy atom. The molecule has 1 aromatic carbocycles. The lowest BCUT2D eigenvalue weighted by Gasteiger charge is -2.15. The molecule has 0 heterocycles. The van der Waals surface area contributed by atoms with Crippen molar-refractivity contribution in [1.29, 1.82) is 0 Å². The maximum Gasteiger partial charge on any atom is 0.176 e. The Labute approximate surface area is 112 Å². The Morgan fingerprint density at radius 1 is 1.11 bits per heavy atom. The monoisotopic (exact) mass is 267 g/mol. The second-order valence-electron chi connectivity index (χ2n) is 5.12. The van der Waals surface area contributed by atoms with Gasteiger partial charge in [-0.1, -0.05) is 25.7 Å². The van der Waals surface area contributed by atoms with Gasteiger partial charge in [0.1, 0.15) is 0 Å². The lowest BCUT2D eigenvalue weighted by Crippen LogP contribution is -2.33. The number of hydrogen-bond donors (Lipinski definition) is 1. The quantitative estimate of drug-likeness (QED) is 0.668. The predicted octanol–water partition coefficient (Wildman–Crippen LogP) is 3.46. The molecular formula is C15H19F2NO. The highest BCUT2D eigenvalue weighted by molar-refractivity contribution is 5.97. The number of halogens is 2. The molecule has 1 saturated carbocycles. The van der Waals surface area contributed by atoms with E-state index < -0.39 is 11.6 Å². The fourth-order valence-corrected chi connectivity index (χ4v) is 2.49. The van der Waals surface area contributed by atoms with Gasteiger partial charge in [-0.25, -0.2) is 8.78 Å². The third-order valence-electron chi connectivity index (χ3n) is 3.65. The van der Waals surface area contributed by atoms with E-state index in [1.165, 1.54) is 31.7 Å². The molecule has 1 aromatic rings. The van der Waals surface area contributed by atoms with Crippen LogP contribution in [0.25, 0.3) is 0 Å². The number of carbonyl (C=O) groups is 1. The zero-order valence-electron chi connectivity index (χ0n) is 10.9. The second-order valence-corrected chi connectivity index (χ2v) is 5.12. The molecule has 0 spiro atoms. The predicted molar refractivity (Wildman–Crippen MR) is 70.2 cm³/mol. The molecule has 104 valence electrons. The first-order valence-electron chi connectivity index (χ1n) is 6.88. The average molecular weight is 267 g/mol. The summed E-state index contributed by atoms with van der Waals surface area (Å²) in [5.41, 5.74) is 0.222. The second kappa shape index (κ2) is 6.75. The van der Waals surface area contributed by atoms with Crippen LogP contribution in [0.15, 0.2) is 18.2 Å². The molecule has 0 atom stereocenters. The molecule has 0 aliphatic heterocycles. The molecule has 2 nitrogen and oxygen atoms in total. The lowest BCUT2D eigenvalue weighted by molar-refractivity contribution is 0.0985. The van der Waals surface area contributed by atoms with E-state index in [9.17, 15) is 13.6 Å². The summed E-state index contributed by atoms with van der Waals surface area (Å²) in [6, 6.07) is 3.66. The van der Waals surface area contributed by atoms with Gasteiger partial charge in [0.2, 0.25) is 0 Å². The molecule has 1 N–H and O–H groups in total. The minimum Gasteiger partial charge on any atom is -0.307 e. The maximum atomic E-state index is 13.0. The number of Topliss-reactive ketones (excluding diaryl/α,β-unsaturated/α-hetero) is 1. The highest BCUT2D eigenvalue weighted by Gasteiger charge is 2.14. The van der Waals surface area contributed by atoms with E-state index in [2.05, 4.69) is 5.32 Å². The lowest BCUT2D eigenvalue weighted by atomic mass is 10.1. The Morgan fingerprint density at radius 3 is 2.42 bits per heavy atom. The Bertz CT molecular complexity index is 440. The van der Waals surface area contributed by atoms with Crippen LogP contribution in [0.4, 0.5) is 8.78 Å². The van der Waals surface area contributed by atoms with Gasteiger partial charge < -0.3 is 5.32 Å². The molecule has 0 unspecified atom stereocenters. The maximum absolute atomic E-state index is 13.0. The fraction of sp³-hybridized carbons (Fsp3) is 0.533. The number of rotatable bonds is 4. The minimum atomic E-state index is -0.972. The summed E-state index contributed by atoms with van der Waals surface area (Å²) in [7, 11) is 0. The van der Waals surface area contributed by atoms with Gasteiger partial charge in [0, 0.05) is 11.6 Å². The normalized spacial score (nSPS) is 17.2. The van der Waals surface area contributed by atoms with Crippen LogP contribution in [0.5, 0.6) is 0 Å². The molecule has 0 radical (unpaired) electrons. The summed E-state index contributed by atoms with van der Waals surface area (Å²) in [4.78, 5) is 11.9. The summed E-state index contributed by atoms with van der Waals surface area (Å²) >= 11 is 0. The van der Waals surface area contributed by atoms with Gasteiger partial charge in [-0.2, -0.15) is 0 Å². The Hall–Kier alpha value is -1.29. The molecule has 1 fully saturated rings. The molecule has 4 heteroatoms. The topological polar surface area (TPSA) is 29.1 Å². The highest BCUT2D eigenvalue weighted by Crippen LogP contribution is 2.17. The first-order valence-corrected chi connectivity index (χ1v) is 6.88. The van der Waals surface area contributed by atoms with E-state index in [1.807, 2.05) is 0 Å². The summed E-state index contributed by atoms with van der Waals surface area (Å²) in [6.45, 7) is 0.190. The van der Waals surface area contributed by atoms with E-state index in [1.54, 1.807) is 0 Å². The summed E-state index contributed by atoms with van der Waals surface area (Å²) in [6.07, 6.45) is 7.08. The molecule has 2 rings (SSSR count). The van der Waals surface area contributed by atoms with E-state index in [-0.39, 0.29) is 17.9 Å². The van der Waals surface area contributed by atoms with Crippen LogP contribution in [0.2, 0.25) is 0 Å². The number of carbonyl (C=O) groups excluding carboxylic acids is 1. The molecule has 1 aliphatic rings. The molecular weight excluding hydrogens is 248 g/mol. The standard InChI is InChI=1S/C15H19F2NO/c16-13-8-7-11(9-14(13)17)15(19)10-18-12-5-3-1-2-4-6-12/h7-9,12,18H,1-6,10H2. The van der Waals surface area contributed by atoms with Crippen LogP contribution in [-0.2, 0) is 0 Å². The van der Waals surface area contributed by atoms with Gasteiger partial charge in [-0.15, -0.1) is 0 Å². The third-order valence-corrected chi connectivity index (χ3v) is 3.65. The number of benzene rings is 1. The SMILES string of the molecule is O=C(CNC1CCCCCC1)c1ccc(F)c(F)c1. The minimum absolute atomic E-state index is 0.190. The number of nitrogens with one attached hydrogen (secondary N) is 1. The molecule has 1 aliphatic carbocycles. The van der Waals surface area contributed by atoms with Crippen LogP contribution in [0, 0.1) is 11.6 Å². The van der Waals surface area contributed by atoms with Crippen molar-refractivity contribution < 1.29 is 13.6 Å². The van der Waals surface area contributed by atoms with Gasteiger partial charge in [0.15, 0.2) is 17.4 Å². The van der Waals surface area contributed by atoms with Crippen molar-refractivity contribution in [3.05, 3.63) is 35.4 Å². The van der Waals surface area contributed by atoms with Crippen molar-refractivity contribution in [1.82, 2.24) is 5.32 Å². The first kappa shape index (κ1) is 14.1. The van der Waals surface area contributed by atoms with Crippen molar-refractivity contribution in [2.75, 3.05) is 6.54 Å². The zero-order valence-corrected chi connectivity index (χ0v) is 10.9. The van der Waals surface area contributed by atoms with E-state index >= 15 is 0 Å². The number of ketones is 1. The van der Waals surface area contributed by atoms with E-state index in [4.69, 9.17) is 0 Å². The molecule has 19 heavy (non-hydrogen) atoms. The summed E-state index contributed by atoms with van der Waals surface area (Å²) < 4.78 is 25.8. The van der Waals surface area contributed by atoms with Crippen LogP contribution in [0.3, 0.4) is 0 Å². The molecule has 0 amide bonds. The summed E-state index contributed by atoms with van der Waals surface area (Å²) in [5.74, 6) is -2.09. The third kappa shape index (κ3) is 4.10. The van der Waals surface area contributed by atoms with Crippen molar-refractivity contribution in [2.24, 2.45) is 0 Å². The van der Waals surface area contributed by atoms with Gasteiger partial charge in [0.25, 0.3) is 0 Å². The Balaban J connectivity index is 1.87. The van der Waals surface area contributed by atoms with E-state index in [0.717, 1.165) is 25.0 Å². The Kier molecular flexibility index (Phi) is 5.02. The van der Waals surface area contributed by atoms with Crippen molar-refractivity contribution >= 4 is 5.78 Å². The molecule has 0 saturated heterocycles. The fourth-order valence-electron chi connectivity index (χ4n) is 2.49. The first-order chi connectivity index (χ1) is 9.16. The van der Waals surface area contributed by atoms with Crippen molar-refractivity contribution in [3.8, 4) is 0 Å². The van der Waals surface area contributed by atoms with Crippen LogP contribution < -0.4 is 5.32 Å². The summed E-state index contributed by atoms with van der Waals surface area (Å²) in [5, 5.41) is 3.23. The molecule has 0 aromatic heterocycles. The van der Waals surface area contributed by atoms with Crippen LogP contribution in [0.1, 0.15) is 48.9 Å². The zero-order chi connectivity index (χ0) is 13.7.